The molecule has 0 radical (unpaired) electrons. The molecule has 1 aliphatic heterocycles. The maximum Gasteiger partial charge on any atom is 0.194 e. The van der Waals surface area contributed by atoms with Crippen molar-refractivity contribution in [1.29, 1.82) is 0 Å². The Hall–Kier alpha value is -2.25. The van der Waals surface area contributed by atoms with E-state index in [4.69, 9.17) is 16.3 Å². The summed E-state index contributed by atoms with van der Waals surface area (Å²) in [5, 5.41) is 4.14. The SMILES string of the molecule is CN=C(NCc1ccc(N2CCOCC2)nc1)N(C)Cc1cc(Cl)cn1C. The quantitative estimate of drug-likeness (QED) is 0.626. The number of anilines is 1. The van der Waals surface area contributed by atoms with E-state index >= 15 is 0 Å². The molecule has 0 aromatic carbocycles. The molecule has 0 unspecified atom stereocenters. The molecule has 146 valence electrons. The van der Waals surface area contributed by atoms with Gasteiger partial charge in [-0.1, -0.05) is 17.7 Å². The molecule has 27 heavy (non-hydrogen) atoms. The maximum atomic E-state index is 6.07. The lowest BCUT2D eigenvalue weighted by molar-refractivity contribution is 0.122. The second kappa shape index (κ2) is 9.10. The minimum Gasteiger partial charge on any atom is -0.378 e. The number of aryl methyl sites for hydroxylation is 1. The number of hydrogen-bond donors (Lipinski definition) is 1. The molecule has 2 aromatic heterocycles. The van der Waals surface area contributed by atoms with Crippen molar-refractivity contribution in [3.05, 3.63) is 46.9 Å². The van der Waals surface area contributed by atoms with Gasteiger partial charge < -0.3 is 24.4 Å². The van der Waals surface area contributed by atoms with Crippen LogP contribution in [-0.4, -0.2) is 60.8 Å². The molecule has 3 rings (SSSR count). The molecule has 1 aliphatic rings. The molecule has 0 bridgehead atoms. The monoisotopic (exact) mass is 390 g/mol. The van der Waals surface area contributed by atoms with Crippen LogP contribution in [0.2, 0.25) is 5.02 Å². The zero-order valence-electron chi connectivity index (χ0n) is 16.2. The summed E-state index contributed by atoms with van der Waals surface area (Å²) in [7, 11) is 5.79. The molecule has 3 heterocycles. The first-order valence-electron chi connectivity index (χ1n) is 9.07. The van der Waals surface area contributed by atoms with Crippen LogP contribution in [0, 0.1) is 0 Å². The van der Waals surface area contributed by atoms with Crippen molar-refractivity contribution in [2.24, 2.45) is 12.0 Å². The van der Waals surface area contributed by atoms with E-state index in [1.807, 2.05) is 37.1 Å². The van der Waals surface area contributed by atoms with Gasteiger partial charge in [-0.15, -0.1) is 0 Å². The van der Waals surface area contributed by atoms with Gasteiger partial charge in [0.15, 0.2) is 5.96 Å². The lowest BCUT2D eigenvalue weighted by Crippen LogP contribution is -2.38. The van der Waals surface area contributed by atoms with Crippen LogP contribution >= 0.6 is 11.6 Å². The first-order valence-corrected chi connectivity index (χ1v) is 9.45. The number of aliphatic imine (C=N–C) groups is 1. The molecule has 1 fully saturated rings. The third kappa shape index (κ3) is 5.14. The van der Waals surface area contributed by atoms with Gasteiger partial charge in [-0.3, -0.25) is 4.99 Å². The van der Waals surface area contributed by atoms with Crippen LogP contribution in [0.15, 0.2) is 35.6 Å². The van der Waals surface area contributed by atoms with Crippen molar-refractivity contribution in [2.45, 2.75) is 13.1 Å². The Balaban J connectivity index is 1.54. The highest BCUT2D eigenvalue weighted by atomic mass is 35.5. The van der Waals surface area contributed by atoms with Crippen LogP contribution in [0.1, 0.15) is 11.3 Å². The minimum absolute atomic E-state index is 0.668. The average Bonchev–Trinajstić information content (AvgIpc) is 3.00. The zero-order valence-corrected chi connectivity index (χ0v) is 16.9. The number of pyridine rings is 1. The summed E-state index contributed by atoms with van der Waals surface area (Å²) in [6.45, 7) is 4.70. The summed E-state index contributed by atoms with van der Waals surface area (Å²) >= 11 is 6.07. The van der Waals surface area contributed by atoms with Gasteiger partial charge in [-0.05, 0) is 17.7 Å². The number of nitrogens with one attached hydrogen (secondary N) is 1. The summed E-state index contributed by atoms with van der Waals surface area (Å²) in [5.74, 6) is 1.83. The van der Waals surface area contributed by atoms with Crippen molar-refractivity contribution in [2.75, 3.05) is 45.3 Å². The molecule has 2 aromatic rings. The molecular formula is C19H27ClN6O. The Labute approximate surface area is 165 Å². The second-order valence-electron chi connectivity index (χ2n) is 6.64. The van der Waals surface area contributed by atoms with Gasteiger partial charge in [0.25, 0.3) is 0 Å². The van der Waals surface area contributed by atoms with Gasteiger partial charge in [-0.25, -0.2) is 4.98 Å². The molecule has 0 amide bonds. The van der Waals surface area contributed by atoms with Gasteiger partial charge in [0.1, 0.15) is 5.82 Å². The van der Waals surface area contributed by atoms with Crippen molar-refractivity contribution >= 4 is 23.4 Å². The number of rotatable bonds is 5. The molecule has 0 saturated carbocycles. The summed E-state index contributed by atoms with van der Waals surface area (Å²) in [4.78, 5) is 13.3. The molecule has 0 spiro atoms. The van der Waals surface area contributed by atoms with Crippen LogP contribution < -0.4 is 10.2 Å². The predicted molar refractivity (Wildman–Crippen MR) is 109 cm³/mol. The number of hydrogen-bond acceptors (Lipinski definition) is 4. The second-order valence-corrected chi connectivity index (χ2v) is 7.08. The Morgan fingerprint density at radius 1 is 1.37 bits per heavy atom. The number of aromatic nitrogens is 2. The number of guanidine groups is 1. The normalized spacial score (nSPS) is 15.1. The number of morpholine rings is 1. The van der Waals surface area contributed by atoms with Crippen molar-refractivity contribution < 1.29 is 4.74 Å². The first kappa shape index (κ1) is 19.5. The highest BCUT2D eigenvalue weighted by molar-refractivity contribution is 6.30. The Kier molecular flexibility index (Phi) is 6.58. The highest BCUT2D eigenvalue weighted by Crippen LogP contribution is 2.15. The van der Waals surface area contributed by atoms with E-state index in [0.29, 0.717) is 6.54 Å². The molecule has 0 atom stereocenters. The Morgan fingerprint density at radius 2 is 2.15 bits per heavy atom. The topological polar surface area (TPSA) is 57.9 Å². The largest absolute Gasteiger partial charge is 0.378 e. The number of nitrogens with zero attached hydrogens (tertiary/aromatic N) is 5. The van der Waals surface area contributed by atoms with E-state index in [1.165, 1.54) is 0 Å². The van der Waals surface area contributed by atoms with Crippen molar-refractivity contribution in [3.63, 3.8) is 0 Å². The van der Waals surface area contributed by atoms with E-state index in [2.05, 4.69) is 37.2 Å². The van der Waals surface area contributed by atoms with Crippen LogP contribution in [0.4, 0.5) is 5.82 Å². The summed E-state index contributed by atoms with van der Waals surface area (Å²) in [6.07, 6.45) is 3.82. The molecule has 8 heteroatoms. The van der Waals surface area contributed by atoms with E-state index in [0.717, 1.165) is 60.9 Å². The van der Waals surface area contributed by atoms with E-state index < -0.39 is 0 Å². The minimum atomic E-state index is 0.668. The Bertz CT molecular complexity index is 767. The molecule has 1 saturated heterocycles. The average molecular weight is 391 g/mol. The number of halogens is 1. The van der Waals surface area contributed by atoms with Gasteiger partial charge in [0.05, 0.1) is 24.8 Å². The fraction of sp³-hybridized carbons (Fsp3) is 0.474. The smallest absolute Gasteiger partial charge is 0.194 e. The maximum absolute atomic E-state index is 6.07. The van der Waals surface area contributed by atoms with Gasteiger partial charge in [0, 0.05) is 58.9 Å². The molecule has 0 aliphatic carbocycles. The molecule has 7 nitrogen and oxygen atoms in total. The highest BCUT2D eigenvalue weighted by Gasteiger charge is 2.13. The van der Waals surface area contributed by atoms with E-state index in [9.17, 15) is 0 Å². The van der Waals surface area contributed by atoms with Crippen LogP contribution in [-0.2, 0) is 24.9 Å². The van der Waals surface area contributed by atoms with E-state index in [-0.39, 0.29) is 0 Å². The lowest BCUT2D eigenvalue weighted by Gasteiger charge is -2.27. The van der Waals surface area contributed by atoms with E-state index in [1.54, 1.807) is 7.05 Å². The van der Waals surface area contributed by atoms with Gasteiger partial charge in [0.2, 0.25) is 0 Å². The zero-order chi connectivity index (χ0) is 19.2. The Morgan fingerprint density at radius 3 is 2.74 bits per heavy atom. The van der Waals surface area contributed by atoms with Crippen molar-refractivity contribution in [1.82, 2.24) is 19.8 Å². The van der Waals surface area contributed by atoms with Crippen molar-refractivity contribution in [3.8, 4) is 0 Å². The summed E-state index contributed by atoms with van der Waals surface area (Å²) in [5.41, 5.74) is 2.24. The molecule has 1 N–H and O–H groups in total. The summed E-state index contributed by atoms with van der Waals surface area (Å²) < 4.78 is 7.42. The fourth-order valence-electron chi connectivity index (χ4n) is 3.11. The summed E-state index contributed by atoms with van der Waals surface area (Å²) in [6, 6.07) is 6.15. The third-order valence-corrected chi connectivity index (χ3v) is 4.85. The predicted octanol–water partition coefficient (Wildman–Crippen LogP) is 2.12. The number of ether oxygens (including phenoxy) is 1. The van der Waals surface area contributed by atoms with Crippen LogP contribution in [0.5, 0.6) is 0 Å². The first-order chi connectivity index (χ1) is 13.1. The fourth-order valence-corrected chi connectivity index (χ4v) is 3.38. The van der Waals surface area contributed by atoms with Gasteiger partial charge in [-0.2, -0.15) is 0 Å². The third-order valence-electron chi connectivity index (χ3n) is 4.64. The van der Waals surface area contributed by atoms with Crippen LogP contribution in [0.3, 0.4) is 0 Å². The van der Waals surface area contributed by atoms with Gasteiger partial charge >= 0.3 is 0 Å². The molecular weight excluding hydrogens is 364 g/mol. The van der Waals surface area contributed by atoms with Crippen LogP contribution in [0.25, 0.3) is 0 Å². The standard InChI is InChI=1S/C19H27ClN6O/c1-21-19(25(3)14-17-10-16(20)13-24(17)2)23-12-15-4-5-18(22-11-15)26-6-8-27-9-7-26/h4-5,10-11,13H,6-9,12,14H2,1-3H3,(H,21,23). The lowest BCUT2D eigenvalue weighted by atomic mass is 10.2.